The number of nitrogens with zero attached hydrogens (tertiary/aromatic N) is 1. The van der Waals surface area contributed by atoms with Crippen molar-refractivity contribution in [2.75, 3.05) is 18.0 Å². The molecule has 0 saturated heterocycles. The second kappa shape index (κ2) is 6.95. The minimum absolute atomic E-state index is 0.0207. The van der Waals surface area contributed by atoms with Gasteiger partial charge in [-0.25, -0.2) is 0 Å². The van der Waals surface area contributed by atoms with E-state index in [-0.39, 0.29) is 23.7 Å². The van der Waals surface area contributed by atoms with Gasteiger partial charge in [0.1, 0.15) is 0 Å². The monoisotopic (exact) mass is 302 g/mol. The molecular weight excluding hydrogens is 276 g/mol. The van der Waals surface area contributed by atoms with Gasteiger partial charge in [-0.3, -0.25) is 9.59 Å². The molecule has 1 aliphatic rings. The van der Waals surface area contributed by atoms with Gasteiger partial charge in [-0.2, -0.15) is 0 Å². The third-order valence-corrected chi connectivity index (χ3v) is 4.02. The van der Waals surface area contributed by atoms with Crippen LogP contribution < -0.4 is 10.2 Å². The molecule has 1 aromatic rings. The van der Waals surface area contributed by atoms with Gasteiger partial charge in [0, 0.05) is 18.8 Å². The van der Waals surface area contributed by atoms with Crippen LogP contribution in [0, 0.1) is 24.7 Å². The molecule has 1 aromatic carbocycles. The Kier molecular flexibility index (Phi) is 5.22. The average Bonchev–Trinajstić information content (AvgIpc) is 3.26. The van der Waals surface area contributed by atoms with Crippen LogP contribution in [0.15, 0.2) is 24.3 Å². The zero-order chi connectivity index (χ0) is 16.3. The third-order valence-electron chi connectivity index (χ3n) is 4.02. The van der Waals surface area contributed by atoms with Crippen molar-refractivity contribution in [2.24, 2.45) is 17.8 Å². The van der Waals surface area contributed by atoms with Crippen LogP contribution in [-0.2, 0) is 9.59 Å². The van der Waals surface area contributed by atoms with Crippen LogP contribution in [0.4, 0.5) is 5.69 Å². The van der Waals surface area contributed by atoms with Crippen LogP contribution in [-0.4, -0.2) is 24.9 Å². The van der Waals surface area contributed by atoms with Crippen molar-refractivity contribution >= 4 is 17.5 Å². The lowest BCUT2D eigenvalue weighted by Crippen LogP contribution is -2.35. The van der Waals surface area contributed by atoms with Crippen molar-refractivity contribution in [1.29, 1.82) is 0 Å². The second-order valence-electron chi connectivity index (χ2n) is 6.51. The fourth-order valence-corrected chi connectivity index (χ4v) is 2.66. The lowest BCUT2D eigenvalue weighted by atomic mass is 10.2. The van der Waals surface area contributed by atoms with Gasteiger partial charge in [0.05, 0.1) is 11.8 Å². The van der Waals surface area contributed by atoms with Gasteiger partial charge in [-0.05, 0) is 43.9 Å². The highest BCUT2D eigenvalue weighted by Crippen LogP contribution is 2.41. The van der Waals surface area contributed by atoms with E-state index in [0.717, 1.165) is 11.3 Å². The zero-order valence-corrected chi connectivity index (χ0v) is 13.9. The highest BCUT2D eigenvalue weighted by atomic mass is 16.2. The molecule has 0 aliphatic heterocycles. The number of anilines is 1. The van der Waals surface area contributed by atoms with Crippen molar-refractivity contribution in [2.45, 2.75) is 34.1 Å². The number of carbonyl (C=O) groups excluding carboxylic acids is 2. The molecule has 4 heteroatoms. The first-order valence-corrected chi connectivity index (χ1v) is 8.09. The quantitative estimate of drug-likeness (QED) is 0.878. The summed E-state index contributed by atoms with van der Waals surface area (Å²) in [6, 6.07) is 7.93. The lowest BCUT2D eigenvalue weighted by molar-refractivity contribution is -0.126. The van der Waals surface area contributed by atoms with Crippen LogP contribution in [0.3, 0.4) is 0 Å². The van der Waals surface area contributed by atoms with Gasteiger partial charge < -0.3 is 10.2 Å². The summed E-state index contributed by atoms with van der Waals surface area (Å²) in [4.78, 5) is 26.5. The van der Waals surface area contributed by atoms with Gasteiger partial charge in [0.2, 0.25) is 11.8 Å². The zero-order valence-electron chi connectivity index (χ0n) is 13.9. The summed E-state index contributed by atoms with van der Waals surface area (Å²) in [6.07, 6.45) is 0.672. The number of aryl methyl sites for hydroxylation is 1. The van der Waals surface area contributed by atoms with Crippen LogP contribution in [0.2, 0.25) is 0 Å². The molecule has 0 spiro atoms. The summed E-state index contributed by atoms with van der Waals surface area (Å²) in [5.41, 5.74) is 2.05. The van der Waals surface area contributed by atoms with Gasteiger partial charge in [-0.1, -0.05) is 26.0 Å². The van der Waals surface area contributed by atoms with Crippen LogP contribution >= 0.6 is 0 Å². The smallest absolute Gasteiger partial charge is 0.230 e. The van der Waals surface area contributed by atoms with E-state index < -0.39 is 0 Å². The molecule has 0 aromatic heterocycles. The fourth-order valence-electron chi connectivity index (χ4n) is 2.66. The summed E-state index contributed by atoms with van der Waals surface area (Å²) in [6.45, 7) is 9.40. The molecule has 1 fully saturated rings. The summed E-state index contributed by atoms with van der Waals surface area (Å²) in [7, 11) is 0. The van der Waals surface area contributed by atoms with E-state index in [1.54, 1.807) is 4.90 Å². The molecule has 0 radical (unpaired) electrons. The van der Waals surface area contributed by atoms with Gasteiger partial charge in [0.25, 0.3) is 0 Å². The number of hydrogen-bond acceptors (Lipinski definition) is 2. The minimum Gasteiger partial charge on any atom is -0.356 e. The molecule has 120 valence electrons. The first-order valence-electron chi connectivity index (χ1n) is 8.09. The molecule has 0 heterocycles. The first kappa shape index (κ1) is 16.5. The number of hydrogen-bond donors (Lipinski definition) is 1. The number of nitrogens with one attached hydrogen (secondary N) is 1. The summed E-state index contributed by atoms with van der Waals surface area (Å²) in [5.74, 6) is 0.208. The SMILES string of the molecule is CCN(C(=O)C1CC1C(=O)NCC(C)C)c1cccc(C)c1. The molecule has 2 atom stereocenters. The fraction of sp³-hybridized carbons (Fsp3) is 0.556. The third kappa shape index (κ3) is 3.87. The topological polar surface area (TPSA) is 49.4 Å². The standard InChI is InChI=1S/C18H26N2O2/c1-5-20(14-8-6-7-13(4)9-14)18(22)16-10-15(16)17(21)19-11-12(2)3/h6-9,12,15-16H,5,10-11H2,1-4H3,(H,19,21). The van der Waals surface area contributed by atoms with E-state index in [2.05, 4.69) is 19.2 Å². The van der Waals surface area contributed by atoms with E-state index in [1.807, 2.05) is 38.1 Å². The summed E-state index contributed by atoms with van der Waals surface area (Å²) < 4.78 is 0. The average molecular weight is 302 g/mol. The summed E-state index contributed by atoms with van der Waals surface area (Å²) in [5, 5.41) is 2.93. The number of rotatable bonds is 6. The first-order chi connectivity index (χ1) is 10.4. The Morgan fingerprint density at radius 3 is 2.64 bits per heavy atom. The van der Waals surface area contributed by atoms with E-state index in [9.17, 15) is 9.59 Å². The maximum Gasteiger partial charge on any atom is 0.230 e. The Morgan fingerprint density at radius 2 is 2.05 bits per heavy atom. The van der Waals surface area contributed by atoms with Crippen LogP contribution in [0.1, 0.15) is 32.8 Å². The number of carbonyl (C=O) groups is 2. The molecule has 2 unspecified atom stereocenters. The molecule has 0 bridgehead atoms. The molecule has 1 aliphatic carbocycles. The summed E-state index contributed by atoms with van der Waals surface area (Å²) >= 11 is 0. The van der Waals surface area contributed by atoms with Crippen molar-refractivity contribution in [3.05, 3.63) is 29.8 Å². The largest absolute Gasteiger partial charge is 0.356 e. The molecule has 22 heavy (non-hydrogen) atoms. The van der Waals surface area contributed by atoms with Crippen LogP contribution in [0.5, 0.6) is 0 Å². The minimum atomic E-state index is -0.160. The second-order valence-corrected chi connectivity index (χ2v) is 6.51. The van der Waals surface area contributed by atoms with E-state index in [1.165, 1.54) is 0 Å². The Labute approximate surface area is 132 Å². The Morgan fingerprint density at radius 1 is 1.32 bits per heavy atom. The van der Waals surface area contributed by atoms with Gasteiger partial charge in [0.15, 0.2) is 0 Å². The number of benzene rings is 1. The Bertz CT molecular complexity index is 554. The molecule has 2 rings (SSSR count). The van der Waals surface area contributed by atoms with Gasteiger partial charge in [-0.15, -0.1) is 0 Å². The van der Waals surface area contributed by atoms with Crippen molar-refractivity contribution in [3.63, 3.8) is 0 Å². The molecule has 1 N–H and O–H groups in total. The number of amides is 2. The molecular formula is C18H26N2O2. The van der Waals surface area contributed by atoms with Crippen molar-refractivity contribution in [1.82, 2.24) is 5.32 Å². The van der Waals surface area contributed by atoms with Gasteiger partial charge >= 0.3 is 0 Å². The van der Waals surface area contributed by atoms with Crippen LogP contribution in [0.25, 0.3) is 0 Å². The maximum absolute atomic E-state index is 12.6. The highest BCUT2D eigenvalue weighted by molar-refractivity contribution is 6.01. The maximum atomic E-state index is 12.6. The Balaban J connectivity index is 1.98. The molecule has 2 amide bonds. The lowest BCUT2D eigenvalue weighted by Gasteiger charge is -2.21. The highest BCUT2D eigenvalue weighted by Gasteiger charge is 2.49. The van der Waals surface area contributed by atoms with Crippen molar-refractivity contribution in [3.8, 4) is 0 Å². The van der Waals surface area contributed by atoms with E-state index >= 15 is 0 Å². The molecule has 4 nitrogen and oxygen atoms in total. The predicted octanol–water partition coefficient (Wildman–Crippen LogP) is 2.76. The normalized spacial score (nSPS) is 19.9. The van der Waals surface area contributed by atoms with E-state index in [4.69, 9.17) is 0 Å². The molecule has 1 saturated carbocycles. The van der Waals surface area contributed by atoms with E-state index in [0.29, 0.717) is 25.4 Å². The Hall–Kier alpha value is -1.84. The van der Waals surface area contributed by atoms with Crippen molar-refractivity contribution < 1.29 is 9.59 Å². The predicted molar refractivity (Wildman–Crippen MR) is 88.7 cm³/mol.